The molecule has 16 heavy (non-hydrogen) atoms. The molecule has 0 saturated carbocycles. The van der Waals surface area contributed by atoms with Crippen LogP contribution in [0, 0.1) is 0 Å². The van der Waals surface area contributed by atoms with E-state index in [-0.39, 0.29) is 17.7 Å². The molecule has 0 aliphatic rings. The average Bonchev–Trinajstić information content (AvgIpc) is 2.28. The fraction of sp³-hybridized carbons (Fsp3) is 0.273. The highest BCUT2D eigenvalue weighted by atomic mass is 16.5. The van der Waals surface area contributed by atoms with E-state index in [9.17, 15) is 14.7 Å². The van der Waals surface area contributed by atoms with Crippen molar-refractivity contribution in [1.29, 1.82) is 0 Å². The molecule has 0 saturated heterocycles. The van der Waals surface area contributed by atoms with Gasteiger partial charge in [0.05, 0.1) is 18.1 Å². The van der Waals surface area contributed by atoms with Crippen LogP contribution in [0.4, 0.5) is 0 Å². The molecule has 0 heterocycles. The number of carboxylic acids is 1. The first kappa shape index (κ1) is 12.2. The zero-order valence-electron chi connectivity index (χ0n) is 8.67. The van der Waals surface area contributed by atoms with Crippen molar-refractivity contribution >= 4 is 11.9 Å². The van der Waals surface area contributed by atoms with E-state index in [1.54, 1.807) is 0 Å². The Morgan fingerprint density at radius 1 is 1.38 bits per heavy atom. The molecule has 5 nitrogen and oxygen atoms in total. The first-order valence-corrected chi connectivity index (χ1v) is 4.68. The molecule has 0 aliphatic carbocycles. The molecule has 86 valence electrons. The molecule has 5 heteroatoms. The second-order valence-electron chi connectivity index (χ2n) is 3.23. The van der Waals surface area contributed by atoms with Crippen LogP contribution in [0.5, 0.6) is 0 Å². The van der Waals surface area contributed by atoms with Gasteiger partial charge < -0.3 is 19.7 Å². The van der Waals surface area contributed by atoms with Crippen molar-refractivity contribution in [3.05, 3.63) is 35.4 Å². The minimum Gasteiger partial charge on any atom is -0.545 e. The molecule has 1 unspecified atom stereocenters. The zero-order chi connectivity index (χ0) is 12.1. The largest absolute Gasteiger partial charge is 0.545 e. The number of hydrogen-bond acceptors (Lipinski definition) is 5. The van der Waals surface area contributed by atoms with Gasteiger partial charge in [0.15, 0.2) is 0 Å². The lowest BCUT2D eigenvalue weighted by Gasteiger charge is -2.13. The van der Waals surface area contributed by atoms with E-state index in [1.165, 1.54) is 31.2 Å². The van der Waals surface area contributed by atoms with Gasteiger partial charge in [-0.2, -0.15) is 0 Å². The summed E-state index contributed by atoms with van der Waals surface area (Å²) in [4.78, 5) is 22.2. The third-order valence-corrected chi connectivity index (χ3v) is 1.93. The zero-order valence-corrected chi connectivity index (χ0v) is 8.67. The highest BCUT2D eigenvalue weighted by Gasteiger charge is 2.15. The van der Waals surface area contributed by atoms with Gasteiger partial charge in [0.25, 0.3) is 0 Å². The molecule has 0 aromatic heterocycles. The predicted molar refractivity (Wildman–Crippen MR) is 52.7 cm³/mol. The van der Waals surface area contributed by atoms with Crippen molar-refractivity contribution in [3.8, 4) is 0 Å². The van der Waals surface area contributed by atoms with Crippen LogP contribution in [0.2, 0.25) is 0 Å². The molecular weight excluding hydrogens is 212 g/mol. The third-order valence-electron chi connectivity index (χ3n) is 1.93. The number of carbonyl (C=O) groups excluding carboxylic acids is 2. The summed E-state index contributed by atoms with van der Waals surface area (Å²) in [5.74, 6) is -2.23. The van der Waals surface area contributed by atoms with Crippen LogP contribution in [-0.2, 0) is 4.74 Å². The fourth-order valence-corrected chi connectivity index (χ4v) is 1.12. The van der Waals surface area contributed by atoms with Gasteiger partial charge in [-0.25, -0.2) is 4.79 Å². The first-order valence-electron chi connectivity index (χ1n) is 4.68. The van der Waals surface area contributed by atoms with Crippen molar-refractivity contribution in [2.45, 2.75) is 13.0 Å². The lowest BCUT2D eigenvalue weighted by molar-refractivity contribution is -0.255. The maximum Gasteiger partial charge on any atom is 0.339 e. The number of aromatic carboxylic acids is 1. The van der Waals surface area contributed by atoms with Gasteiger partial charge in [0.2, 0.25) is 0 Å². The van der Waals surface area contributed by atoms with Gasteiger partial charge in [-0.1, -0.05) is 18.2 Å². The van der Waals surface area contributed by atoms with Gasteiger partial charge in [-0.3, -0.25) is 0 Å². The number of aliphatic hydroxyl groups is 1. The summed E-state index contributed by atoms with van der Waals surface area (Å²) in [7, 11) is 0. The number of aliphatic hydroxyl groups excluding tert-OH is 1. The van der Waals surface area contributed by atoms with Crippen LogP contribution in [-0.4, -0.2) is 29.8 Å². The minimum atomic E-state index is -1.44. The monoisotopic (exact) mass is 223 g/mol. The number of benzene rings is 1. The molecule has 1 rings (SSSR count). The molecule has 0 bridgehead atoms. The van der Waals surface area contributed by atoms with Crippen molar-refractivity contribution in [2.24, 2.45) is 0 Å². The summed E-state index contributed by atoms with van der Waals surface area (Å²) in [5, 5.41) is 19.4. The van der Waals surface area contributed by atoms with Gasteiger partial charge in [-0.15, -0.1) is 0 Å². The van der Waals surface area contributed by atoms with Crippen molar-refractivity contribution in [3.63, 3.8) is 0 Å². The molecule has 1 aromatic carbocycles. The van der Waals surface area contributed by atoms with Crippen molar-refractivity contribution < 1.29 is 24.5 Å². The van der Waals surface area contributed by atoms with Crippen LogP contribution >= 0.6 is 0 Å². The van der Waals surface area contributed by atoms with E-state index < -0.39 is 18.0 Å². The number of ether oxygens (including phenoxy) is 1. The topological polar surface area (TPSA) is 86.7 Å². The summed E-state index contributed by atoms with van der Waals surface area (Å²) < 4.78 is 4.80. The van der Waals surface area contributed by atoms with Gasteiger partial charge in [0, 0.05) is 5.56 Å². The number of hydrogen-bond donors (Lipinski definition) is 1. The summed E-state index contributed by atoms with van der Waals surface area (Å²) in [6.07, 6.45) is -0.678. The Kier molecular flexibility index (Phi) is 4.02. The number of esters is 1. The Hall–Kier alpha value is -1.88. The summed E-state index contributed by atoms with van der Waals surface area (Å²) >= 11 is 0. The smallest absolute Gasteiger partial charge is 0.339 e. The maximum absolute atomic E-state index is 11.5. The van der Waals surface area contributed by atoms with Crippen LogP contribution in [0.3, 0.4) is 0 Å². The Morgan fingerprint density at radius 2 is 1.94 bits per heavy atom. The Bertz CT molecular complexity index is 399. The summed E-state index contributed by atoms with van der Waals surface area (Å²) in [5.41, 5.74) is -0.305. The van der Waals surface area contributed by atoms with E-state index in [0.717, 1.165) is 0 Å². The highest BCUT2D eigenvalue weighted by molar-refractivity contribution is 6.01. The van der Waals surface area contributed by atoms with Crippen LogP contribution in [0.25, 0.3) is 0 Å². The first-order chi connectivity index (χ1) is 7.56. The molecular formula is C11H11O5-. The average molecular weight is 223 g/mol. The lowest BCUT2D eigenvalue weighted by Crippen LogP contribution is -2.26. The lowest BCUT2D eigenvalue weighted by atomic mass is 10.1. The Balaban J connectivity index is 2.95. The van der Waals surface area contributed by atoms with Crippen molar-refractivity contribution in [1.82, 2.24) is 0 Å². The van der Waals surface area contributed by atoms with E-state index in [4.69, 9.17) is 9.84 Å². The van der Waals surface area contributed by atoms with E-state index in [0.29, 0.717) is 0 Å². The summed E-state index contributed by atoms with van der Waals surface area (Å²) in [6.45, 7) is 1.18. The number of carbonyl (C=O) groups is 2. The molecule has 0 amide bonds. The SMILES string of the molecule is CC(CO)OC(=O)c1ccccc1C(=O)[O-]. The molecule has 0 aliphatic heterocycles. The van der Waals surface area contributed by atoms with Gasteiger partial charge >= 0.3 is 5.97 Å². The second kappa shape index (κ2) is 5.27. The maximum atomic E-state index is 11.5. The van der Waals surface area contributed by atoms with E-state index in [2.05, 4.69) is 0 Å². The standard InChI is InChI=1S/C11H12O5/c1-7(6-12)16-11(15)9-5-3-2-4-8(9)10(13)14/h2-5,7,12H,6H2,1H3,(H,13,14)/p-1. The normalized spacial score (nSPS) is 11.9. The quantitative estimate of drug-likeness (QED) is 0.701. The van der Waals surface area contributed by atoms with Gasteiger partial charge in [-0.05, 0) is 13.0 Å². The molecule has 1 aromatic rings. The molecule has 1 atom stereocenters. The molecule has 0 radical (unpaired) electrons. The van der Waals surface area contributed by atoms with Crippen LogP contribution < -0.4 is 5.11 Å². The molecule has 0 spiro atoms. The predicted octanol–water partition coefficient (Wildman–Crippen LogP) is -0.412. The fourth-order valence-electron chi connectivity index (χ4n) is 1.12. The van der Waals surface area contributed by atoms with Crippen LogP contribution in [0.15, 0.2) is 24.3 Å². The number of rotatable bonds is 4. The Morgan fingerprint density at radius 3 is 2.44 bits per heavy atom. The second-order valence-corrected chi connectivity index (χ2v) is 3.23. The van der Waals surface area contributed by atoms with Crippen LogP contribution in [0.1, 0.15) is 27.6 Å². The molecule has 1 N–H and O–H groups in total. The third kappa shape index (κ3) is 2.80. The van der Waals surface area contributed by atoms with E-state index >= 15 is 0 Å². The summed E-state index contributed by atoms with van der Waals surface area (Å²) in [6, 6.07) is 5.59. The minimum absolute atomic E-state index is 0.0807. The van der Waals surface area contributed by atoms with Gasteiger partial charge in [0.1, 0.15) is 6.10 Å². The van der Waals surface area contributed by atoms with Crippen molar-refractivity contribution in [2.75, 3.05) is 6.61 Å². The van der Waals surface area contributed by atoms with E-state index in [1.807, 2.05) is 0 Å². The number of carboxylic acid groups (broad SMARTS) is 1. The highest BCUT2D eigenvalue weighted by Crippen LogP contribution is 2.10. The molecule has 0 fully saturated rings. The Labute approximate surface area is 92.3 Å².